The predicted octanol–water partition coefficient (Wildman–Crippen LogP) is 12.3. The molecule has 0 heterocycles. The Morgan fingerprint density at radius 3 is 1.73 bits per heavy atom. The van der Waals surface area contributed by atoms with E-state index < -0.39 is 0 Å². The lowest BCUT2D eigenvalue weighted by Gasteiger charge is -2.73. The second-order valence-electron chi connectivity index (χ2n) is 19.3. The Bertz CT molecular complexity index is 905. The van der Waals surface area contributed by atoms with E-state index in [9.17, 15) is 0 Å². The molecule has 0 aromatic rings. The zero-order valence-corrected chi connectivity index (χ0v) is 29.5. The van der Waals surface area contributed by atoms with Gasteiger partial charge in [-0.1, -0.05) is 133 Å². The molecule has 14 unspecified atom stereocenters. The van der Waals surface area contributed by atoms with Crippen molar-refractivity contribution in [3.8, 4) is 0 Å². The fraction of sp³-hybridized carbons (Fsp3) is 1.00. The van der Waals surface area contributed by atoms with Crippen LogP contribution in [0.15, 0.2) is 0 Å². The fourth-order valence-corrected chi connectivity index (χ4v) is 16.1. The Morgan fingerprint density at radius 1 is 0.610 bits per heavy atom. The van der Waals surface area contributed by atoms with Gasteiger partial charge >= 0.3 is 0 Å². The molecule has 6 rings (SSSR count). The quantitative estimate of drug-likeness (QED) is 0.320. The van der Waals surface area contributed by atoms with Crippen molar-refractivity contribution in [2.45, 2.75) is 159 Å². The SMILES string of the molecule is CC(C)C1C(C)CC2(C)CC3(C)CC4C(C5CCCCC5)CC(C5CCCCC5)C(C)C4C(C)C3C(C)C2(C)C1C. The average molecular weight is 565 g/mol. The normalized spacial score (nSPS) is 55.2. The molecule has 0 aromatic carbocycles. The van der Waals surface area contributed by atoms with Crippen molar-refractivity contribution in [1.29, 1.82) is 0 Å². The molecule has 236 valence electrons. The van der Waals surface area contributed by atoms with Crippen molar-refractivity contribution in [3.63, 3.8) is 0 Å². The lowest BCUT2D eigenvalue weighted by molar-refractivity contribution is -0.252. The van der Waals surface area contributed by atoms with E-state index in [-0.39, 0.29) is 0 Å². The molecule has 0 saturated heterocycles. The van der Waals surface area contributed by atoms with Crippen LogP contribution in [0, 0.1) is 99.1 Å². The van der Waals surface area contributed by atoms with E-state index >= 15 is 0 Å². The molecule has 41 heavy (non-hydrogen) atoms. The van der Waals surface area contributed by atoms with Crippen LogP contribution in [0.4, 0.5) is 0 Å². The number of hydrogen-bond acceptors (Lipinski definition) is 0. The Morgan fingerprint density at radius 2 is 1.17 bits per heavy atom. The first-order valence-corrected chi connectivity index (χ1v) is 19.3. The Kier molecular flexibility index (Phi) is 8.40. The number of hydrogen-bond donors (Lipinski definition) is 0. The second kappa shape index (κ2) is 11.1. The number of rotatable bonds is 3. The summed E-state index contributed by atoms with van der Waals surface area (Å²) in [7, 11) is 0. The minimum atomic E-state index is 0.461. The van der Waals surface area contributed by atoms with Gasteiger partial charge in [0.25, 0.3) is 0 Å². The van der Waals surface area contributed by atoms with Crippen molar-refractivity contribution < 1.29 is 0 Å². The summed E-state index contributed by atoms with van der Waals surface area (Å²) < 4.78 is 0. The van der Waals surface area contributed by atoms with Gasteiger partial charge in [-0.2, -0.15) is 0 Å². The van der Waals surface area contributed by atoms with Crippen LogP contribution < -0.4 is 0 Å². The minimum Gasteiger partial charge on any atom is -0.0625 e. The molecule has 6 aliphatic carbocycles. The Hall–Kier alpha value is 0. The lowest BCUT2D eigenvalue weighted by atomic mass is 9.31. The first kappa shape index (κ1) is 31.0. The van der Waals surface area contributed by atoms with E-state index in [1.807, 2.05) is 0 Å². The topological polar surface area (TPSA) is 0 Å². The Balaban J connectivity index is 1.38. The molecule has 6 aliphatic rings. The third kappa shape index (κ3) is 4.69. The minimum absolute atomic E-state index is 0.461. The summed E-state index contributed by atoms with van der Waals surface area (Å²) in [5.41, 5.74) is 1.48. The highest BCUT2D eigenvalue weighted by Gasteiger charge is 2.69. The fourth-order valence-electron chi connectivity index (χ4n) is 16.1. The molecule has 0 radical (unpaired) electrons. The van der Waals surface area contributed by atoms with Gasteiger partial charge in [0.2, 0.25) is 0 Å². The molecule has 0 aliphatic heterocycles. The summed E-state index contributed by atoms with van der Waals surface area (Å²) in [6, 6.07) is 0. The van der Waals surface area contributed by atoms with Crippen molar-refractivity contribution >= 4 is 0 Å². The van der Waals surface area contributed by atoms with E-state index in [1.54, 1.807) is 38.5 Å². The lowest BCUT2D eigenvalue weighted by Crippen LogP contribution is -2.67. The molecule has 6 saturated carbocycles. The summed E-state index contributed by atoms with van der Waals surface area (Å²) in [5, 5.41) is 0. The molecule has 0 bridgehead atoms. The zero-order valence-electron chi connectivity index (χ0n) is 29.5. The van der Waals surface area contributed by atoms with E-state index in [1.165, 1.54) is 51.4 Å². The van der Waals surface area contributed by atoms with Gasteiger partial charge in [-0.05, 0) is 125 Å². The molecule has 0 aromatic heterocycles. The van der Waals surface area contributed by atoms with Gasteiger partial charge in [0, 0.05) is 0 Å². The molecular formula is C41H72. The van der Waals surface area contributed by atoms with Crippen LogP contribution in [0.3, 0.4) is 0 Å². The Labute approximate surface area is 257 Å². The summed E-state index contributed by atoms with van der Waals surface area (Å²) in [5.74, 6) is 13.1. The first-order valence-electron chi connectivity index (χ1n) is 19.3. The molecule has 14 atom stereocenters. The summed E-state index contributed by atoms with van der Waals surface area (Å²) in [6.07, 6.45) is 21.5. The van der Waals surface area contributed by atoms with Crippen LogP contribution in [0.5, 0.6) is 0 Å². The third-order valence-electron chi connectivity index (χ3n) is 17.4. The van der Waals surface area contributed by atoms with Crippen LogP contribution in [0.2, 0.25) is 0 Å². The van der Waals surface area contributed by atoms with E-state index in [4.69, 9.17) is 0 Å². The van der Waals surface area contributed by atoms with Crippen LogP contribution in [0.1, 0.15) is 159 Å². The molecule has 0 spiro atoms. The van der Waals surface area contributed by atoms with Gasteiger partial charge in [0.15, 0.2) is 0 Å². The summed E-state index contributed by atoms with van der Waals surface area (Å²) >= 11 is 0. The van der Waals surface area contributed by atoms with Gasteiger partial charge in [0.05, 0.1) is 0 Å². The van der Waals surface area contributed by atoms with E-state index in [0.29, 0.717) is 16.2 Å². The van der Waals surface area contributed by atoms with Crippen LogP contribution in [0.25, 0.3) is 0 Å². The molecule has 0 N–H and O–H groups in total. The second-order valence-corrected chi connectivity index (χ2v) is 19.3. The van der Waals surface area contributed by atoms with Gasteiger partial charge in [-0.3, -0.25) is 0 Å². The van der Waals surface area contributed by atoms with Crippen LogP contribution >= 0.6 is 0 Å². The summed E-state index contributed by atoms with van der Waals surface area (Å²) in [4.78, 5) is 0. The molecule has 0 nitrogen and oxygen atoms in total. The van der Waals surface area contributed by atoms with Gasteiger partial charge in [-0.25, -0.2) is 0 Å². The average Bonchev–Trinajstić information content (AvgIpc) is 2.91. The van der Waals surface area contributed by atoms with Crippen molar-refractivity contribution in [3.05, 3.63) is 0 Å². The molecular weight excluding hydrogens is 492 g/mol. The first-order chi connectivity index (χ1) is 19.3. The van der Waals surface area contributed by atoms with E-state index in [2.05, 4.69) is 69.2 Å². The van der Waals surface area contributed by atoms with Crippen molar-refractivity contribution in [2.75, 3.05) is 0 Å². The monoisotopic (exact) mass is 565 g/mol. The smallest absolute Gasteiger partial charge is 0.0215 e. The maximum atomic E-state index is 2.85. The van der Waals surface area contributed by atoms with Gasteiger partial charge < -0.3 is 0 Å². The molecule has 0 heteroatoms. The highest BCUT2D eigenvalue weighted by atomic mass is 14.7. The number of fused-ring (bicyclic) bond motifs is 3. The van der Waals surface area contributed by atoms with Crippen LogP contribution in [-0.2, 0) is 0 Å². The predicted molar refractivity (Wildman–Crippen MR) is 178 cm³/mol. The maximum absolute atomic E-state index is 2.85. The molecule has 0 amide bonds. The third-order valence-corrected chi connectivity index (χ3v) is 17.4. The van der Waals surface area contributed by atoms with Crippen molar-refractivity contribution in [2.24, 2.45) is 99.1 Å². The highest BCUT2D eigenvalue weighted by molar-refractivity contribution is 5.17. The molecule has 6 fully saturated rings. The largest absolute Gasteiger partial charge is 0.0625 e. The van der Waals surface area contributed by atoms with Crippen LogP contribution in [-0.4, -0.2) is 0 Å². The van der Waals surface area contributed by atoms with E-state index in [0.717, 1.165) is 82.9 Å². The maximum Gasteiger partial charge on any atom is -0.0215 e. The van der Waals surface area contributed by atoms with Gasteiger partial charge in [-0.15, -0.1) is 0 Å². The van der Waals surface area contributed by atoms with Gasteiger partial charge in [0.1, 0.15) is 0 Å². The highest BCUT2D eigenvalue weighted by Crippen LogP contribution is 2.76. The van der Waals surface area contributed by atoms with Crippen molar-refractivity contribution in [1.82, 2.24) is 0 Å². The zero-order chi connectivity index (χ0) is 29.5. The summed E-state index contributed by atoms with van der Waals surface area (Å²) in [6.45, 7) is 27.3. The standard InChI is InChI=1S/C41H72/c1-25(2)36-26(3)22-40(9)24-39(8)23-35-34(32-19-15-12-16-20-32)21-33(31-17-13-11-14-18-31)27(4)37(35)28(5)38(39)30(7)41(40,10)29(36)6/h25-38H,11-24H2,1-10H3.